The van der Waals surface area contributed by atoms with Gasteiger partial charge in [-0.25, -0.2) is 0 Å². The van der Waals surface area contributed by atoms with Crippen LogP contribution in [0.1, 0.15) is 37.3 Å². The molecule has 1 fully saturated rings. The van der Waals surface area contributed by atoms with Gasteiger partial charge in [-0.15, -0.1) is 0 Å². The Kier molecular flexibility index (Phi) is 3.01. The maximum Gasteiger partial charge on any atom is 0.0693 e. The summed E-state index contributed by atoms with van der Waals surface area (Å²) in [5.41, 5.74) is 2.57. The van der Waals surface area contributed by atoms with Crippen molar-refractivity contribution in [3.8, 4) is 6.07 Å². The smallest absolute Gasteiger partial charge is 0.0693 e. The van der Waals surface area contributed by atoms with Crippen LogP contribution in [0.4, 0.5) is 0 Å². The Balaban J connectivity index is 2.21. The molecule has 1 aliphatic rings. The summed E-state index contributed by atoms with van der Waals surface area (Å²) in [6, 6.07) is 11.0. The summed E-state index contributed by atoms with van der Waals surface area (Å²) in [5, 5.41) is 9.44. The van der Waals surface area contributed by atoms with E-state index >= 15 is 0 Å². The highest BCUT2D eigenvalue weighted by Gasteiger charge is 2.37. The van der Waals surface area contributed by atoms with Crippen molar-refractivity contribution in [2.24, 2.45) is 11.3 Å². The van der Waals surface area contributed by atoms with E-state index in [1.807, 2.05) is 0 Å². The van der Waals surface area contributed by atoms with Crippen molar-refractivity contribution in [3.63, 3.8) is 0 Å². The largest absolute Gasteiger partial charge is 0.198 e. The molecule has 1 nitrogen and oxygen atoms in total. The number of hydrogen-bond acceptors (Lipinski definition) is 1. The number of benzene rings is 1. The fourth-order valence-corrected chi connectivity index (χ4v) is 2.87. The van der Waals surface area contributed by atoms with Gasteiger partial charge in [0.05, 0.1) is 11.5 Å². The topological polar surface area (TPSA) is 23.8 Å². The van der Waals surface area contributed by atoms with E-state index in [0.29, 0.717) is 5.92 Å². The predicted molar refractivity (Wildman–Crippen MR) is 65.9 cm³/mol. The Morgan fingerprint density at radius 2 is 2.19 bits per heavy atom. The van der Waals surface area contributed by atoms with Crippen LogP contribution in [0.15, 0.2) is 24.3 Å². The molecule has 0 aliphatic heterocycles. The molecule has 0 spiro atoms. The lowest BCUT2D eigenvalue weighted by Crippen LogP contribution is -2.18. The fourth-order valence-electron chi connectivity index (χ4n) is 2.87. The van der Waals surface area contributed by atoms with Crippen molar-refractivity contribution in [1.29, 1.82) is 5.26 Å². The lowest BCUT2D eigenvalue weighted by Gasteiger charge is -2.21. The van der Waals surface area contributed by atoms with Crippen LogP contribution in [0.5, 0.6) is 0 Å². The standard InChI is InChI=1S/C15H19N/c1-12-7-8-15(9-12,11-16)10-14-6-4-3-5-13(14)2/h3-6,12H,7-10H2,1-2H3. The second-order valence-corrected chi connectivity index (χ2v) is 5.34. The molecule has 0 heterocycles. The summed E-state index contributed by atoms with van der Waals surface area (Å²) < 4.78 is 0. The van der Waals surface area contributed by atoms with Gasteiger partial charge in [0.1, 0.15) is 0 Å². The van der Waals surface area contributed by atoms with Gasteiger partial charge in [-0.05, 0) is 49.7 Å². The maximum atomic E-state index is 9.44. The van der Waals surface area contributed by atoms with Crippen LogP contribution in [0.25, 0.3) is 0 Å². The Morgan fingerprint density at radius 3 is 2.75 bits per heavy atom. The van der Waals surface area contributed by atoms with Gasteiger partial charge in [0, 0.05) is 0 Å². The molecule has 16 heavy (non-hydrogen) atoms. The van der Waals surface area contributed by atoms with Gasteiger partial charge in [0.15, 0.2) is 0 Å². The van der Waals surface area contributed by atoms with Gasteiger partial charge in [-0.3, -0.25) is 0 Å². The van der Waals surface area contributed by atoms with Crippen molar-refractivity contribution in [2.75, 3.05) is 0 Å². The minimum Gasteiger partial charge on any atom is -0.198 e. The van der Waals surface area contributed by atoms with Crippen LogP contribution in [0.2, 0.25) is 0 Å². The van der Waals surface area contributed by atoms with Gasteiger partial charge in [-0.1, -0.05) is 31.2 Å². The Labute approximate surface area is 98.1 Å². The molecule has 0 N–H and O–H groups in total. The molecule has 84 valence electrons. The molecule has 2 rings (SSSR count). The van der Waals surface area contributed by atoms with E-state index < -0.39 is 0 Å². The minimum atomic E-state index is -0.0917. The van der Waals surface area contributed by atoms with Crippen LogP contribution < -0.4 is 0 Å². The summed E-state index contributed by atoms with van der Waals surface area (Å²) in [6.07, 6.45) is 4.27. The van der Waals surface area contributed by atoms with Crippen LogP contribution in [0, 0.1) is 29.6 Å². The highest BCUT2D eigenvalue weighted by atomic mass is 14.4. The van der Waals surface area contributed by atoms with E-state index in [1.54, 1.807) is 0 Å². The first kappa shape index (κ1) is 11.2. The lowest BCUT2D eigenvalue weighted by molar-refractivity contribution is 0.390. The van der Waals surface area contributed by atoms with Crippen LogP contribution >= 0.6 is 0 Å². The average Bonchev–Trinajstić information content (AvgIpc) is 2.65. The third kappa shape index (κ3) is 2.11. The normalized spacial score (nSPS) is 28.9. The SMILES string of the molecule is Cc1ccccc1CC1(C#N)CCC(C)C1. The van der Waals surface area contributed by atoms with Crippen LogP contribution in [-0.4, -0.2) is 0 Å². The first-order valence-corrected chi connectivity index (χ1v) is 6.11. The van der Waals surface area contributed by atoms with Gasteiger partial charge in [-0.2, -0.15) is 5.26 Å². The average molecular weight is 213 g/mol. The van der Waals surface area contributed by atoms with Crippen molar-refractivity contribution in [2.45, 2.75) is 39.5 Å². The maximum absolute atomic E-state index is 9.44. The van der Waals surface area contributed by atoms with Crippen molar-refractivity contribution < 1.29 is 0 Å². The summed E-state index contributed by atoms with van der Waals surface area (Å²) >= 11 is 0. The number of rotatable bonds is 2. The number of nitriles is 1. The summed E-state index contributed by atoms with van der Waals surface area (Å²) in [7, 11) is 0. The third-order valence-electron chi connectivity index (χ3n) is 3.88. The number of aryl methyl sites for hydroxylation is 1. The Morgan fingerprint density at radius 1 is 1.44 bits per heavy atom. The van der Waals surface area contributed by atoms with Gasteiger partial charge >= 0.3 is 0 Å². The molecular formula is C15H19N. The van der Waals surface area contributed by atoms with Gasteiger partial charge < -0.3 is 0 Å². The molecule has 1 aromatic rings. The van der Waals surface area contributed by atoms with Crippen LogP contribution in [0.3, 0.4) is 0 Å². The molecule has 2 unspecified atom stereocenters. The first-order valence-electron chi connectivity index (χ1n) is 6.11. The fraction of sp³-hybridized carbons (Fsp3) is 0.533. The monoisotopic (exact) mass is 213 g/mol. The molecule has 0 bridgehead atoms. The molecule has 1 aliphatic carbocycles. The molecule has 1 aromatic carbocycles. The Hall–Kier alpha value is -1.29. The lowest BCUT2D eigenvalue weighted by atomic mass is 9.80. The van der Waals surface area contributed by atoms with E-state index in [2.05, 4.69) is 44.2 Å². The van der Waals surface area contributed by atoms with Gasteiger partial charge in [0.2, 0.25) is 0 Å². The summed E-state index contributed by atoms with van der Waals surface area (Å²) in [5.74, 6) is 0.712. The molecule has 1 saturated carbocycles. The van der Waals surface area contributed by atoms with E-state index in [4.69, 9.17) is 0 Å². The quantitative estimate of drug-likeness (QED) is 0.731. The minimum absolute atomic E-state index is 0.0917. The van der Waals surface area contributed by atoms with Crippen molar-refractivity contribution >= 4 is 0 Å². The van der Waals surface area contributed by atoms with Crippen molar-refractivity contribution in [1.82, 2.24) is 0 Å². The predicted octanol–water partition coefficient (Wildman–Crippen LogP) is 3.87. The molecular weight excluding hydrogens is 194 g/mol. The molecule has 0 saturated heterocycles. The van der Waals surface area contributed by atoms with E-state index in [1.165, 1.54) is 17.5 Å². The summed E-state index contributed by atoms with van der Waals surface area (Å²) in [6.45, 7) is 4.40. The molecule has 0 radical (unpaired) electrons. The Bertz CT molecular complexity index is 416. The van der Waals surface area contributed by atoms with Crippen molar-refractivity contribution in [3.05, 3.63) is 35.4 Å². The zero-order valence-corrected chi connectivity index (χ0v) is 10.2. The second-order valence-electron chi connectivity index (χ2n) is 5.34. The first-order chi connectivity index (χ1) is 7.65. The van der Waals surface area contributed by atoms with E-state index in [0.717, 1.165) is 19.3 Å². The zero-order valence-electron chi connectivity index (χ0n) is 10.2. The number of nitrogens with zero attached hydrogens (tertiary/aromatic N) is 1. The van der Waals surface area contributed by atoms with Crippen LogP contribution in [-0.2, 0) is 6.42 Å². The third-order valence-corrected chi connectivity index (χ3v) is 3.88. The second kappa shape index (κ2) is 4.29. The molecule has 0 aromatic heterocycles. The highest BCUT2D eigenvalue weighted by Crippen LogP contribution is 2.43. The van der Waals surface area contributed by atoms with E-state index in [9.17, 15) is 5.26 Å². The molecule has 0 amide bonds. The van der Waals surface area contributed by atoms with Gasteiger partial charge in [0.25, 0.3) is 0 Å². The highest BCUT2D eigenvalue weighted by molar-refractivity contribution is 5.28. The zero-order chi connectivity index (χ0) is 11.6. The van der Waals surface area contributed by atoms with E-state index in [-0.39, 0.29) is 5.41 Å². The number of hydrogen-bond donors (Lipinski definition) is 0. The molecule has 1 heteroatoms. The molecule has 2 atom stereocenters. The summed E-state index contributed by atoms with van der Waals surface area (Å²) in [4.78, 5) is 0.